The third-order valence-electron chi connectivity index (χ3n) is 4.97. The third-order valence-corrected chi connectivity index (χ3v) is 8.49. The largest absolute Gasteiger partial charge is 0.481 e. The van der Waals surface area contributed by atoms with Crippen molar-refractivity contribution in [2.24, 2.45) is 5.92 Å². The first-order valence-electron chi connectivity index (χ1n) is 8.20. The van der Waals surface area contributed by atoms with Crippen LogP contribution < -0.4 is 4.74 Å². The molecule has 2 aromatic heterocycles. The van der Waals surface area contributed by atoms with E-state index in [-0.39, 0.29) is 6.04 Å². The van der Waals surface area contributed by atoms with Crippen LogP contribution in [0, 0.1) is 5.92 Å². The van der Waals surface area contributed by atoms with Gasteiger partial charge in [0.05, 0.1) is 7.11 Å². The maximum atomic E-state index is 13.0. The van der Waals surface area contributed by atoms with Gasteiger partial charge in [0.2, 0.25) is 5.88 Å². The fourth-order valence-corrected chi connectivity index (χ4v) is 6.97. The van der Waals surface area contributed by atoms with Gasteiger partial charge in [0.15, 0.2) is 0 Å². The van der Waals surface area contributed by atoms with E-state index in [0.29, 0.717) is 22.6 Å². The van der Waals surface area contributed by atoms with E-state index in [4.69, 9.17) is 4.74 Å². The Balaban J connectivity index is 1.64. The standard InChI is InChI=1S/C17H20N2O3S2/c1-22-16-10-13(7-8-18-16)15-5-6-17(23-15)24(20,21)19-11-12-3-2-4-14(19)9-12/h5-8,10,12,14H,2-4,9,11H2,1H3/t12-,14+/m1/s1. The molecular weight excluding hydrogens is 344 g/mol. The number of hydrogen-bond donors (Lipinski definition) is 0. The molecule has 0 aromatic carbocycles. The number of nitrogens with zero attached hydrogens (tertiary/aromatic N) is 2. The molecule has 24 heavy (non-hydrogen) atoms. The summed E-state index contributed by atoms with van der Waals surface area (Å²) in [7, 11) is -1.82. The van der Waals surface area contributed by atoms with Crippen molar-refractivity contribution in [3.05, 3.63) is 30.5 Å². The number of fused-ring (bicyclic) bond motifs is 2. The minimum Gasteiger partial charge on any atom is -0.481 e. The predicted molar refractivity (Wildman–Crippen MR) is 93.7 cm³/mol. The van der Waals surface area contributed by atoms with E-state index < -0.39 is 10.0 Å². The Hall–Kier alpha value is -1.44. The maximum absolute atomic E-state index is 13.0. The molecule has 5 nitrogen and oxygen atoms in total. The third kappa shape index (κ3) is 2.74. The number of methoxy groups -OCH3 is 1. The number of sulfonamides is 1. The van der Waals surface area contributed by atoms with Crippen molar-refractivity contribution in [3.63, 3.8) is 0 Å². The smallest absolute Gasteiger partial charge is 0.252 e. The topological polar surface area (TPSA) is 59.5 Å². The molecule has 0 spiro atoms. The summed E-state index contributed by atoms with van der Waals surface area (Å²) in [5.41, 5.74) is 0.925. The van der Waals surface area contributed by atoms with Gasteiger partial charge >= 0.3 is 0 Å². The normalized spacial score (nSPS) is 24.2. The van der Waals surface area contributed by atoms with Crippen LogP contribution in [0.25, 0.3) is 10.4 Å². The van der Waals surface area contributed by atoms with Crippen LogP contribution >= 0.6 is 11.3 Å². The predicted octanol–water partition coefficient (Wildman–Crippen LogP) is 3.38. The van der Waals surface area contributed by atoms with Gasteiger partial charge in [-0.15, -0.1) is 11.3 Å². The molecule has 1 saturated carbocycles. The lowest BCUT2D eigenvalue weighted by atomic mass is 9.91. The molecule has 1 saturated heterocycles. The van der Waals surface area contributed by atoms with E-state index >= 15 is 0 Å². The van der Waals surface area contributed by atoms with Gasteiger partial charge in [0, 0.05) is 29.7 Å². The molecule has 1 aliphatic heterocycles. The first kappa shape index (κ1) is 16.1. The minimum absolute atomic E-state index is 0.195. The summed E-state index contributed by atoms with van der Waals surface area (Å²) in [4.78, 5) is 5.01. The van der Waals surface area contributed by atoms with Crippen LogP contribution in [0.3, 0.4) is 0 Å². The van der Waals surface area contributed by atoms with Crippen molar-refractivity contribution in [1.29, 1.82) is 0 Å². The highest BCUT2D eigenvalue weighted by molar-refractivity contribution is 7.91. The number of ether oxygens (including phenoxy) is 1. The molecule has 3 heterocycles. The van der Waals surface area contributed by atoms with Gasteiger partial charge in [-0.25, -0.2) is 13.4 Å². The Morgan fingerprint density at radius 2 is 2.17 bits per heavy atom. The Labute approximate surface area is 146 Å². The molecule has 128 valence electrons. The zero-order valence-electron chi connectivity index (χ0n) is 13.5. The lowest BCUT2D eigenvalue weighted by Gasteiger charge is -2.23. The average molecular weight is 364 g/mol. The van der Waals surface area contributed by atoms with Crippen molar-refractivity contribution >= 4 is 21.4 Å². The van der Waals surface area contributed by atoms with Gasteiger partial charge in [0.1, 0.15) is 4.21 Å². The summed E-state index contributed by atoms with van der Waals surface area (Å²) in [6, 6.07) is 7.48. The van der Waals surface area contributed by atoms with E-state index in [2.05, 4.69) is 4.98 Å². The highest BCUT2D eigenvalue weighted by atomic mass is 32.2. The van der Waals surface area contributed by atoms with Gasteiger partial charge in [-0.3, -0.25) is 0 Å². The average Bonchev–Trinajstić information content (AvgIpc) is 3.20. The summed E-state index contributed by atoms with van der Waals surface area (Å²) in [5.74, 6) is 1.07. The Morgan fingerprint density at radius 3 is 2.96 bits per heavy atom. The van der Waals surface area contributed by atoms with E-state index in [0.717, 1.165) is 36.1 Å². The highest BCUT2D eigenvalue weighted by Crippen LogP contribution is 2.41. The second kappa shape index (κ2) is 6.13. The number of hydrogen-bond acceptors (Lipinski definition) is 5. The molecule has 2 fully saturated rings. The molecule has 2 aliphatic rings. The van der Waals surface area contributed by atoms with Crippen molar-refractivity contribution in [1.82, 2.24) is 9.29 Å². The lowest BCUT2D eigenvalue weighted by molar-refractivity contribution is 0.356. The summed E-state index contributed by atoms with van der Waals surface area (Å²) in [6.07, 6.45) is 6.00. The maximum Gasteiger partial charge on any atom is 0.252 e. The SMILES string of the molecule is COc1cc(-c2ccc(S(=O)(=O)N3C[C@@H]4CCC[C@H]3C4)s2)ccn1. The van der Waals surface area contributed by atoms with E-state index in [1.165, 1.54) is 11.3 Å². The molecular formula is C17H20N2O3S2. The number of thiophene rings is 1. The molecule has 0 radical (unpaired) electrons. The fraction of sp³-hybridized carbons (Fsp3) is 0.471. The zero-order chi connectivity index (χ0) is 16.7. The van der Waals surface area contributed by atoms with E-state index in [1.54, 1.807) is 23.7 Å². The second-order valence-corrected chi connectivity index (χ2v) is 9.67. The highest BCUT2D eigenvalue weighted by Gasteiger charge is 2.42. The Kier molecular flexibility index (Phi) is 4.10. The molecule has 4 rings (SSSR count). The molecule has 2 bridgehead atoms. The number of pyridine rings is 1. The lowest BCUT2D eigenvalue weighted by Crippen LogP contribution is -2.34. The summed E-state index contributed by atoms with van der Waals surface area (Å²) in [6.45, 7) is 0.684. The first-order chi connectivity index (χ1) is 11.6. The quantitative estimate of drug-likeness (QED) is 0.834. The number of aromatic nitrogens is 1. The summed E-state index contributed by atoms with van der Waals surface area (Å²) >= 11 is 1.32. The van der Waals surface area contributed by atoms with Crippen LogP contribution in [0.1, 0.15) is 25.7 Å². The van der Waals surface area contributed by atoms with Gasteiger partial charge in [-0.2, -0.15) is 4.31 Å². The van der Waals surface area contributed by atoms with Crippen LogP contribution in [0.2, 0.25) is 0 Å². The molecule has 0 N–H and O–H groups in total. The van der Waals surface area contributed by atoms with E-state index in [1.807, 2.05) is 18.2 Å². The van der Waals surface area contributed by atoms with Crippen molar-refractivity contribution in [2.45, 2.75) is 35.9 Å². The molecule has 2 aromatic rings. The molecule has 7 heteroatoms. The minimum atomic E-state index is -3.39. The summed E-state index contributed by atoms with van der Waals surface area (Å²) in [5, 5.41) is 0. The van der Waals surface area contributed by atoms with Gasteiger partial charge in [-0.1, -0.05) is 6.42 Å². The van der Waals surface area contributed by atoms with Gasteiger partial charge in [-0.05, 0) is 48.9 Å². The molecule has 2 atom stereocenters. The van der Waals surface area contributed by atoms with Crippen molar-refractivity contribution in [3.8, 4) is 16.3 Å². The second-order valence-electron chi connectivity index (χ2n) is 6.47. The Bertz CT molecular complexity index is 847. The summed E-state index contributed by atoms with van der Waals surface area (Å²) < 4.78 is 33.4. The fourth-order valence-electron chi connectivity index (χ4n) is 3.79. The molecule has 0 unspecified atom stereocenters. The molecule has 1 aliphatic carbocycles. The van der Waals surface area contributed by atoms with Crippen LogP contribution in [0.15, 0.2) is 34.7 Å². The molecule has 0 amide bonds. The van der Waals surface area contributed by atoms with Crippen LogP contribution in [-0.4, -0.2) is 37.4 Å². The van der Waals surface area contributed by atoms with Gasteiger partial charge < -0.3 is 4.74 Å². The van der Waals surface area contributed by atoms with Crippen LogP contribution in [0.4, 0.5) is 0 Å². The monoisotopic (exact) mass is 364 g/mol. The van der Waals surface area contributed by atoms with Gasteiger partial charge in [0.25, 0.3) is 10.0 Å². The van der Waals surface area contributed by atoms with Crippen molar-refractivity contribution in [2.75, 3.05) is 13.7 Å². The Morgan fingerprint density at radius 1 is 1.29 bits per heavy atom. The van der Waals surface area contributed by atoms with Crippen molar-refractivity contribution < 1.29 is 13.2 Å². The zero-order valence-corrected chi connectivity index (χ0v) is 15.1. The first-order valence-corrected chi connectivity index (χ1v) is 10.5. The van der Waals surface area contributed by atoms with Crippen LogP contribution in [0.5, 0.6) is 5.88 Å². The number of rotatable bonds is 4. The van der Waals surface area contributed by atoms with E-state index in [9.17, 15) is 8.42 Å². The van der Waals surface area contributed by atoms with Crippen LogP contribution in [-0.2, 0) is 10.0 Å².